The molecule has 2 rings (SSSR count). The molecule has 0 bridgehead atoms. The molecule has 0 aliphatic carbocycles. The number of aliphatic hydroxyl groups excluding tert-OH is 1. The van der Waals surface area contributed by atoms with Crippen LogP contribution in [0.5, 0.6) is 0 Å². The van der Waals surface area contributed by atoms with Crippen molar-refractivity contribution in [3.63, 3.8) is 0 Å². The van der Waals surface area contributed by atoms with Crippen LogP contribution in [0, 0.1) is 0 Å². The van der Waals surface area contributed by atoms with Gasteiger partial charge in [0.2, 0.25) is 5.91 Å². The van der Waals surface area contributed by atoms with E-state index < -0.39 is 6.10 Å². The smallest absolute Gasteiger partial charge is 0.224 e. The molecule has 122 valence electrons. The van der Waals surface area contributed by atoms with Crippen molar-refractivity contribution >= 4 is 5.91 Å². The Bertz CT molecular complexity index is 587. The zero-order chi connectivity index (χ0) is 16.5. The van der Waals surface area contributed by atoms with Gasteiger partial charge in [-0.25, -0.2) is 0 Å². The van der Waals surface area contributed by atoms with Gasteiger partial charge in [0.05, 0.1) is 12.5 Å². The third kappa shape index (κ3) is 6.22. The number of nitrogens with one attached hydrogen (secondary N) is 2. The standard InChI is InChI=1S/C19H24N2O2/c1-15(20-14-18(22)17-10-6-3-7-11-17)13-21-19(23)12-16-8-4-2-5-9-16/h2-11,15,18,20,22H,12-14H2,1H3,(H,21,23)/t15-,18-/m0/s1. The molecule has 0 heterocycles. The van der Waals surface area contributed by atoms with Gasteiger partial charge in [-0.15, -0.1) is 0 Å². The van der Waals surface area contributed by atoms with Gasteiger partial charge in [0, 0.05) is 19.1 Å². The summed E-state index contributed by atoms with van der Waals surface area (Å²) in [5, 5.41) is 16.2. The third-order valence-corrected chi connectivity index (χ3v) is 3.66. The largest absolute Gasteiger partial charge is 0.387 e. The number of aliphatic hydroxyl groups is 1. The number of carbonyl (C=O) groups excluding carboxylic acids is 1. The molecule has 0 aromatic heterocycles. The van der Waals surface area contributed by atoms with Crippen molar-refractivity contribution in [1.82, 2.24) is 10.6 Å². The fraction of sp³-hybridized carbons (Fsp3) is 0.316. The number of hydrogen-bond acceptors (Lipinski definition) is 3. The summed E-state index contributed by atoms with van der Waals surface area (Å²) in [6, 6.07) is 19.3. The van der Waals surface area contributed by atoms with Gasteiger partial charge in [-0.3, -0.25) is 4.79 Å². The molecule has 1 amide bonds. The zero-order valence-electron chi connectivity index (χ0n) is 13.4. The van der Waals surface area contributed by atoms with Gasteiger partial charge in [0.15, 0.2) is 0 Å². The van der Waals surface area contributed by atoms with Crippen molar-refractivity contribution < 1.29 is 9.90 Å². The van der Waals surface area contributed by atoms with Crippen LogP contribution in [0.25, 0.3) is 0 Å². The topological polar surface area (TPSA) is 61.4 Å². The molecule has 2 atom stereocenters. The van der Waals surface area contributed by atoms with Crippen LogP contribution in [0.2, 0.25) is 0 Å². The van der Waals surface area contributed by atoms with Crippen LogP contribution in [0.3, 0.4) is 0 Å². The summed E-state index contributed by atoms with van der Waals surface area (Å²) in [7, 11) is 0. The first-order valence-electron chi connectivity index (χ1n) is 7.92. The predicted molar refractivity (Wildman–Crippen MR) is 92.0 cm³/mol. The van der Waals surface area contributed by atoms with E-state index in [0.717, 1.165) is 11.1 Å². The quantitative estimate of drug-likeness (QED) is 0.699. The Hall–Kier alpha value is -2.17. The van der Waals surface area contributed by atoms with Crippen LogP contribution in [-0.4, -0.2) is 30.1 Å². The molecule has 0 saturated carbocycles. The molecule has 0 aliphatic heterocycles. The molecule has 0 radical (unpaired) electrons. The van der Waals surface area contributed by atoms with Crippen LogP contribution in [-0.2, 0) is 11.2 Å². The Balaban J connectivity index is 1.67. The van der Waals surface area contributed by atoms with Gasteiger partial charge in [-0.2, -0.15) is 0 Å². The second-order valence-electron chi connectivity index (χ2n) is 5.70. The molecular weight excluding hydrogens is 288 g/mol. The van der Waals surface area contributed by atoms with E-state index in [9.17, 15) is 9.90 Å². The van der Waals surface area contributed by atoms with Crippen LogP contribution < -0.4 is 10.6 Å². The minimum Gasteiger partial charge on any atom is -0.387 e. The second-order valence-corrected chi connectivity index (χ2v) is 5.70. The maximum Gasteiger partial charge on any atom is 0.224 e. The molecule has 0 unspecified atom stereocenters. The molecule has 0 saturated heterocycles. The highest BCUT2D eigenvalue weighted by Crippen LogP contribution is 2.10. The van der Waals surface area contributed by atoms with Crippen LogP contribution in [0.15, 0.2) is 60.7 Å². The third-order valence-electron chi connectivity index (χ3n) is 3.66. The van der Waals surface area contributed by atoms with Gasteiger partial charge >= 0.3 is 0 Å². The van der Waals surface area contributed by atoms with E-state index in [1.807, 2.05) is 67.6 Å². The predicted octanol–water partition coefficient (Wildman–Crippen LogP) is 2.06. The van der Waals surface area contributed by atoms with Crippen molar-refractivity contribution in [3.8, 4) is 0 Å². The average molecular weight is 312 g/mol. The van der Waals surface area contributed by atoms with Crippen molar-refractivity contribution in [2.45, 2.75) is 25.5 Å². The van der Waals surface area contributed by atoms with E-state index >= 15 is 0 Å². The first-order chi connectivity index (χ1) is 11.1. The van der Waals surface area contributed by atoms with Crippen LogP contribution in [0.1, 0.15) is 24.2 Å². The highest BCUT2D eigenvalue weighted by Gasteiger charge is 2.10. The van der Waals surface area contributed by atoms with Crippen molar-refractivity contribution in [2.24, 2.45) is 0 Å². The Kier molecular flexibility index (Phi) is 6.78. The van der Waals surface area contributed by atoms with Gasteiger partial charge in [0.25, 0.3) is 0 Å². The maximum absolute atomic E-state index is 11.9. The number of amides is 1. The monoisotopic (exact) mass is 312 g/mol. The summed E-state index contributed by atoms with van der Waals surface area (Å²) >= 11 is 0. The lowest BCUT2D eigenvalue weighted by molar-refractivity contribution is -0.120. The van der Waals surface area contributed by atoms with Crippen LogP contribution >= 0.6 is 0 Å². The highest BCUT2D eigenvalue weighted by molar-refractivity contribution is 5.78. The summed E-state index contributed by atoms with van der Waals surface area (Å²) in [6.45, 7) is 2.98. The second kappa shape index (κ2) is 9.08. The Morgan fingerprint density at radius 3 is 2.26 bits per heavy atom. The number of carbonyl (C=O) groups is 1. The van der Waals surface area contributed by atoms with Gasteiger partial charge < -0.3 is 15.7 Å². The molecule has 0 spiro atoms. The number of rotatable bonds is 8. The van der Waals surface area contributed by atoms with E-state index in [2.05, 4.69) is 10.6 Å². The Morgan fingerprint density at radius 1 is 1.00 bits per heavy atom. The van der Waals surface area contributed by atoms with Crippen molar-refractivity contribution in [3.05, 3.63) is 71.8 Å². The fourth-order valence-corrected chi connectivity index (χ4v) is 2.29. The van der Waals surface area contributed by atoms with E-state index in [0.29, 0.717) is 19.5 Å². The maximum atomic E-state index is 11.9. The molecule has 23 heavy (non-hydrogen) atoms. The fourth-order valence-electron chi connectivity index (χ4n) is 2.29. The number of benzene rings is 2. The SMILES string of the molecule is C[C@@H](CNC(=O)Cc1ccccc1)NC[C@H](O)c1ccccc1. The normalized spacial score (nSPS) is 13.3. The lowest BCUT2D eigenvalue weighted by Crippen LogP contribution is -2.41. The molecule has 0 aliphatic rings. The summed E-state index contributed by atoms with van der Waals surface area (Å²) < 4.78 is 0. The first kappa shape index (κ1) is 17.2. The summed E-state index contributed by atoms with van der Waals surface area (Å²) in [5.74, 6) is 0.00783. The Labute approximate surface area is 137 Å². The molecule has 2 aromatic rings. The molecule has 3 N–H and O–H groups in total. The molecule has 4 nitrogen and oxygen atoms in total. The van der Waals surface area contributed by atoms with Gasteiger partial charge in [0.1, 0.15) is 0 Å². The van der Waals surface area contributed by atoms with E-state index in [4.69, 9.17) is 0 Å². The molecule has 0 fully saturated rings. The Morgan fingerprint density at radius 2 is 1.61 bits per heavy atom. The molecular formula is C19H24N2O2. The summed E-state index contributed by atoms with van der Waals surface area (Å²) in [6.07, 6.45) is -0.154. The van der Waals surface area contributed by atoms with Crippen molar-refractivity contribution in [1.29, 1.82) is 0 Å². The summed E-state index contributed by atoms with van der Waals surface area (Å²) in [5.41, 5.74) is 1.89. The summed E-state index contributed by atoms with van der Waals surface area (Å²) in [4.78, 5) is 11.9. The lowest BCUT2D eigenvalue weighted by atomic mass is 10.1. The van der Waals surface area contributed by atoms with Gasteiger partial charge in [-0.1, -0.05) is 60.7 Å². The first-order valence-corrected chi connectivity index (χ1v) is 7.92. The van der Waals surface area contributed by atoms with Gasteiger partial charge in [-0.05, 0) is 18.1 Å². The zero-order valence-corrected chi connectivity index (χ0v) is 13.4. The van der Waals surface area contributed by atoms with Crippen LogP contribution in [0.4, 0.5) is 0 Å². The minimum absolute atomic E-state index is 0.00783. The number of hydrogen-bond donors (Lipinski definition) is 3. The molecule has 4 heteroatoms. The van der Waals surface area contributed by atoms with E-state index in [1.54, 1.807) is 0 Å². The average Bonchev–Trinajstić information content (AvgIpc) is 2.59. The highest BCUT2D eigenvalue weighted by atomic mass is 16.3. The van der Waals surface area contributed by atoms with E-state index in [1.165, 1.54) is 0 Å². The van der Waals surface area contributed by atoms with E-state index in [-0.39, 0.29) is 11.9 Å². The van der Waals surface area contributed by atoms with Crippen molar-refractivity contribution in [2.75, 3.05) is 13.1 Å². The minimum atomic E-state index is -0.543. The lowest BCUT2D eigenvalue weighted by Gasteiger charge is -2.18. The molecule has 2 aromatic carbocycles.